The molecule has 1 aliphatic heterocycles. The second kappa shape index (κ2) is 11.7. The molecule has 8 aromatic rings. The van der Waals surface area contributed by atoms with E-state index in [1.54, 1.807) is 0 Å². The van der Waals surface area contributed by atoms with Crippen molar-refractivity contribution in [2.45, 2.75) is 37.7 Å². The van der Waals surface area contributed by atoms with Crippen molar-refractivity contribution in [3.8, 4) is 33.7 Å². The molecule has 3 nitrogen and oxygen atoms in total. The monoisotopic (exact) mass is 708 g/mol. The van der Waals surface area contributed by atoms with Crippen LogP contribution in [0.2, 0.25) is 0 Å². The fraction of sp³-hybridized carbons (Fsp3) is 0.115. The van der Waals surface area contributed by atoms with E-state index in [-0.39, 0.29) is 16.9 Å². The van der Waals surface area contributed by atoms with Gasteiger partial charge in [0, 0.05) is 50.4 Å². The summed E-state index contributed by atoms with van der Waals surface area (Å²) < 4.78 is 8.93. The minimum absolute atomic E-state index is 0.105. The van der Waals surface area contributed by atoms with Crippen molar-refractivity contribution in [2.24, 2.45) is 0 Å². The molecular formula is C52H40N2O. The van der Waals surface area contributed by atoms with Gasteiger partial charge in [0.1, 0.15) is 11.4 Å². The lowest BCUT2D eigenvalue weighted by Gasteiger charge is -2.29. The Kier molecular flexibility index (Phi) is 6.79. The molecule has 7 aromatic carbocycles. The Morgan fingerprint density at radius 3 is 2.11 bits per heavy atom. The zero-order valence-electron chi connectivity index (χ0n) is 31.2. The van der Waals surface area contributed by atoms with Gasteiger partial charge in [-0.2, -0.15) is 0 Å². The highest BCUT2D eigenvalue weighted by Crippen LogP contribution is 2.53. The summed E-state index contributed by atoms with van der Waals surface area (Å²) in [7, 11) is 0. The molecule has 264 valence electrons. The molecular weight excluding hydrogens is 669 g/mol. The molecule has 0 N–H and O–H groups in total. The van der Waals surface area contributed by atoms with Crippen LogP contribution < -0.4 is 9.64 Å². The Hall–Kier alpha value is -6.58. The maximum Gasteiger partial charge on any atom is 0.135 e. The Morgan fingerprint density at radius 2 is 1.24 bits per heavy atom. The number of hydrogen-bond acceptors (Lipinski definition) is 2. The van der Waals surface area contributed by atoms with Crippen molar-refractivity contribution in [1.82, 2.24) is 4.57 Å². The molecule has 2 unspecified atom stereocenters. The van der Waals surface area contributed by atoms with Gasteiger partial charge in [-0.25, -0.2) is 0 Å². The van der Waals surface area contributed by atoms with Gasteiger partial charge in [0.05, 0.1) is 11.0 Å². The van der Waals surface area contributed by atoms with Crippen LogP contribution in [0.4, 0.5) is 17.1 Å². The quantitative estimate of drug-likeness (QED) is 0.177. The van der Waals surface area contributed by atoms with Crippen LogP contribution in [0.15, 0.2) is 182 Å². The average molecular weight is 709 g/mol. The highest BCUT2D eigenvalue weighted by atomic mass is 16.5. The molecule has 2 aliphatic carbocycles. The van der Waals surface area contributed by atoms with Gasteiger partial charge >= 0.3 is 0 Å². The molecule has 0 radical (unpaired) electrons. The van der Waals surface area contributed by atoms with Crippen LogP contribution in [0.5, 0.6) is 5.75 Å². The predicted molar refractivity (Wildman–Crippen MR) is 229 cm³/mol. The van der Waals surface area contributed by atoms with E-state index in [2.05, 4.69) is 212 Å². The van der Waals surface area contributed by atoms with Crippen molar-refractivity contribution in [3.63, 3.8) is 0 Å². The van der Waals surface area contributed by atoms with Crippen LogP contribution in [0.3, 0.4) is 0 Å². The molecule has 0 saturated carbocycles. The van der Waals surface area contributed by atoms with E-state index in [1.807, 2.05) is 0 Å². The second-order valence-corrected chi connectivity index (χ2v) is 15.9. The maximum absolute atomic E-state index is 6.56. The Labute approximate surface area is 322 Å². The van der Waals surface area contributed by atoms with Crippen molar-refractivity contribution in [3.05, 3.63) is 199 Å². The standard InChI is InChI=1S/C52H40N2O/c1-51(2)45-17-9-7-15-40(45)41-27-25-39(33-47(41)51)53(38-26-29-50-44(32-38)46-18-11-12-30-52(46,3)55-50)37-23-20-34(21-24-37)35-22-28-49-43(31-35)42-16-8-10-19-48(42)54(49)36-13-5-4-6-14-36/h4-33,46H,1-3H3. The van der Waals surface area contributed by atoms with Gasteiger partial charge in [-0.1, -0.05) is 117 Å². The first-order valence-electron chi connectivity index (χ1n) is 19.3. The molecule has 3 aliphatic rings. The topological polar surface area (TPSA) is 17.4 Å². The Balaban J connectivity index is 1.03. The van der Waals surface area contributed by atoms with Gasteiger partial charge in [0.15, 0.2) is 0 Å². The number of nitrogens with zero attached hydrogens (tertiary/aromatic N) is 2. The van der Waals surface area contributed by atoms with Crippen LogP contribution >= 0.6 is 0 Å². The molecule has 1 aromatic heterocycles. The summed E-state index contributed by atoms with van der Waals surface area (Å²) in [4.78, 5) is 2.41. The fourth-order valence-electron chi connectivity index (χ4n) is 9.56. The first kappa shape index (κ1) is 31.9. The minimum atomic E-state index is -0.375. The first-order chi connectivity index (χ1) is 26.9. The van der Waals surface area contributed by atoms with Gasteiger partial charge in [0.25, 0.3) is 0 Å². The van der Waals surface area contributed by atoms with E-state index < -0.39 is 0 Å². The first-order valence-corrected chi connectivity index (χ1v) is 19.3. The molecule has 0 bridgehead atoms. The fourth-order valence-corrected chi connectivity index (χ4v) is 9.56. The summed E-state index contributed by atoms with van der Waals surface area (Å²) >= 11 is 0. The normalized spacial score (nSPS) is 18.5. The molecule has 3 heteroatoms. The van der Waals surface area contributed by atoms with Crippen molar-refractivity contribution < 1.29 is 4.74 Å². The van der Waals surface area contributed by atoms with Gasteiger partial charge in [-0.3, -0.25) is 0 Å². The lowest BCUT2D eigenvalue weighted by atomic mass is 9.82. The Morgan fingerprint density at radius 1 is 0.545 bits per heavy atom. The molecule has 0 amide bonds. The summed E-state index contributed by atoms with van der Waals surface area (Å²) in [6.45, 7) is 6.89. The highest BCUT2D eigenvalue weighted by molar-refractivity contribution is 6.10. The number of fused-ring (bicyclic) bond motifs is 9. The summed E-state index contributed by atoms with van der Waals surface area (Å²) in [6.07, 6.45) is 8.70. The lowest BCUT2D eigenvalue weighted by molar-refractivity contribution is 0.155. The summed E-state index contributed by atoms with van der Waals surface area (Å²) in [6, 6.07) is 58.0. The average Bonchev–Trinajstić information content (AvgIpc) is 3.80. The van der Waals surface area contributed by atoms with Crippen LogP contribution in [0.1, 0.15) is 43.4 Å². The largest absolute Gasteiger partial charge is 0.482 e. The maximum atomic E-state index is 6.56. The van der Waals surface area contributed by atoms with Crippen molar-refractivity contribution in [2.75, 3.05) is 4.90 Å². The number of para-hydroxylation sites is 2. The SMILES string of the molecule is CC1(C)c2ccccc2-c2ccc(N(c3ccc(-c4ccc5c(c4)c4ccccc4n5-c4ccccc4)cc3)c3ccc4c(c3)C3C=CC=CC3(C)O4)cc21. The van der Waals surface area contributed by atoms with E-state index >= 15 is 0 Å². The molecule has 2 heterocycles. The second-order valence-electron chi connectivity index (χ2n) is 15.9. The number of benzene rings is 7. The summed E-state index contributed by atoms with van der Waals surface area (Å²) in [5.41, 5.74) is 15.5. The highest BCUT2D eigenvalue weighted by Gasteiger charge is 2.43. The number of rotatable bonds is 5. The number of hydrogen-bond donors (Lipinski definition) is 0. The number of allylic oxidation sites excluding steroid dienone is 2. The molecule has 0 saturated heterocycles. The van der Waals surface area contributed by atoms with Gasteiger partial charge in [-0.15, -0.1) is 0 Å². The number of ether oxygens (including phenoxy) is 1. The van der Waals surface area contributed by atoms with E-state index in [4.69, 9.17) is 4.74 Å². The van der Waals surface area contributed by atoms with Gasteiger partial charge in [-0.05, 0) is 119 Å². The van der Waals surface area contributed by atoms with Gasteiger partial charge < -0.3 is 14.2 Å². The van der Waals surface area contributed by atoms with Crippen molar-refractivity contribution >= 4 is 38.9 Å². The van der Waals surface area contributed by atoms with E-state index in [1.165, 1.54) is 66.4 Å². The van der Waals surface area contributed by atoms with Crippen LogP contribution in [-0.4, -0.2) is 10.2 Å². The number of aromatic nitrogens is 1. The third-order valence-corrected chi connectivity index (χ3v) is 12.3. The molecule has 2 atom stereocenters. The van der Waals surface area contributed by atoms with Crippen molar-refractivity contribution in [1.29, 1.82) is 0 Å². The Bertz CT molecular complexity index is 2890. The third kappa shape index (κ3) is 4.76. The smallest absolute Gasteiger partial charge is 0.135 e. The zero-order valence-corrected chi connectivity index (χ0v) is 31.2. The van der Waals surface area contributed by atoms with Crippen LogP contribution in [0, 0.1) is 0 Å². The predicted octanol–water partition coefficient (Wildman–Crippen LogP) is 13.6. The van der Waals surface area contributed by atoms with Gasteiger partial charge in [0.2, 0.25) is 0 Å². The molecule has 55 heavy (non-hydrogen) atoms. The number of anilines is 3. The third-order valence-electron chi connectivity index (χ3n) is 12.3. The van der Waals surface area contributed by atoms with Crippen LogP contribution in [-0.2, 0) is 5.41 Å². The lowest BCUT2D eigenvalue weighted by Crippen LogP contribution is -2.32. The molecule has 11 rings (SSSR count). The summed E-state index contributed by atoms with van der Waals surface area (Å²) in [5.74, 6) is 1.12. The van der Waals surface area contributed by atoms with Crippen LogP contribution in [0.25, 0.3) is 49.7 Å². The molecule has 0 fully saturated rings. The summed E-state index contributed by atoms with van der Waals surface area (Å²) in [5, 5.41) is 2.51. The minimum Gasteiger partial charge on any atom is -0.482 e. The molecule has 0 spiro atoms. The zero-order chi connectivity index (χ0) is 36.9. The van der Waals surface area contributed by atoms with E-state index in [0.29, 0.717) is 0 Å². The van der Waals surface area contributed by atoms with E-state index in [0.717, 1.165) is 22.8 Å². The van der Waals surface area contributed by atoms with E-state index in [9.17, 15) is 0 Å².